The molecule has 0 fully saturated rings. The Bertz CT molecular complexity index is 658. The second-order valence-electron chi connectivity index (χ2n) is 4.71. The number of rotatable bonds is 4. The molecule has 0 aliphatic carbocycles. The van der Waals surface area contributed by atoms with Crippen LogP contribution in [0.5, 0.6) is 0 Å². The van der Waals surface area contributed by atoms with Crippen molar-refractivity contribution in [1.29, 1.82) is 0 Å². The highest BCUT2D eigenvalue weighted by Crippen LogP contribution is 2.23. The zero-order valence-corrected chi connectivity index (χ0v) is 15.1. The average molecular weight is 412 g/mol. The van der Waals surface area contributed by atoms with Gasteiger partial charge in [0.2, 0.25) is 0 Å². The molecule has 1 amide bonds. The zero-order chi connectivity index (χ0) is 15.4. The lowest BCUT2D eigenvalue weighted by molar-refractivity contribution is 0.0749. The van der Waals surface area contributed by atoms with Crippen LogP contribution in [-0.4, -0.2) is 22.3 Å². The van der Waals surface area contributed by atoms with Gasteiger partial charge in [-0.25, -0.2) is 0 Å². The van der Waals surface area contributed by atoms with Crippen LogP contribution in [0.25, 0.3) is 0 Å². The van der Waals surface area contributed by atoms with Crippen LogP contribution in [0.2, 0.25) is 0 Å². The Hall–Kier alpha value is -1.20. The second kappa shape index (κ2) is 7.18. The van der Waals surface area contributed by atoms with Gasteiger partial charge < -0.3 is 4.90 Å². The lowest BCUT2D eigenvalue weighted by Crippen LogP contribution is -2.31. The molecule has 0 unspecified atom stereocenters. The summed E-state index contributed by atoms with van der Waals surface area (Å²) in [5, 5.41) is 0. The molecule has 0 saturated carbocycles. The summed E-state index contributed by atoms with van der Waals surface area (Å²) >= 11 is 6.85. The maximum atomic E-state index is 12.7. The third-order valence-electron chi connectivity index (χ3n) is 3.13. The number of hydrogen-bond acceptors (Lipinski definition) is 2. The third kappa shape index (κ3) is 4.14. The summed E-state index contributed by atoms with van der Waals surface area (Å²) in [6.07, 6.45) is 0. The molecule has 0 N–H and O–H groups in total. The van der Waals surface area contributed by atoms with Crippen molar-refractivity contribution in [3.05, 3.63) is 62.3 Å². The molecule has 0 aliphatic rings. The fraction of sp³-hybridized carbons (Fsp3) is 0.250. The number of hydrogen-bond donors (Lipinski definition) is 0. The first-order valence-corrected chi connectivity index (χ1v) is 8.26. The molecule has 0 spiro atoms. The highest BCUT2D eigenvalue weighted by Gasteiger charge is 2.17. The van der Waals surface area contributed by atoms with Gasteiger partial charge in [0.1, 0.15) is 0 Å². The highest BCUT2D eigenvalue weighted by atomic mass is 79.9. The van der Waals surface area contributed by atoms with Crippen molar-refractivity contribution in [1.82, 2.24) is 9.88 Å². The first-order valence-electron chi connectivity index (χ1n) is 6.68. The van der Waals surface area contributed by atoms with Gasteiger partial charge in [-0.05, 0) is 60.1 Å². The Balaban J connectivity index is 2.22. The van der Waals surface area contributed by atoms with Crippen LogP contribution < -0.4 is 0 Å². The molecule has 2 aromatic rings. The van der Waals surface area contributed by atoms with Gasteiger partial charge in [-0.1, -0.05) is 22.0 Å². The molecular formula is C16H16Br2N2O. The second-order valence-corrected chi connectivity index (χ2v) is 6.48. The molecule has 1 aromatic carbocycles. The molecule has 5 heteroatoms. The van der Waals surface area contributed by atoms with E-state index in [9.17, 15) is 4.79 Å². The number of carbonyl (C=O) groups excluding carboxylic acids is 1. The van der Waals surface area contributed by atoms with Crippen molar-refractivity contribution in [2.24, 2.45) is 0 Å². The van der Waals surface area contributed by atoms with Crippen LogP contribution in [0.1, 0.15) is 28.7 Å². The van der Waals surface area contributed by atoms with Crippen molar-refractivity contribution in [2.75, 3.05) is 6.54 Å². The van der Waals surface area contributed by atoms with Crippen LogP contribution in [0, 0.1) is 6.92 Å². The highest BCUT2D eigenvalue weighted by molar-refractivity contribution is 9.11. The van der Waals surface area contributed by atoms with Gasteiger partial charge in [-0.2, -0.15) is 0 Å². The van der Waals surface area contributed by atoms with E-state index < -0.39 is 0 Å². The van der Waals surface area contributed by atoms with Crippen LogP contribution in [0.3, 0.4) is 0 Å². The van der Waals surface area contributed by atoms with Gasteiger partial charge in [0.05, 0.1) is 17.8 Å². The number of aromatic nitrogens is 1. The third-order valence-corrected chi connectivity index (χ3v) is 4.28. The molecule has 0 aliphatic heterocycles. The lowest BCUT2D eigenvalue weighted by atomic mass is 10.2. The molecular weight excluding hydrogens is 396 g/mol. The number of nitrogens with zero attached hydrogens (tertiary/aromatic N) is 2. The van der Waals surface area contributed by atoms with E-state index in [2.05, 4.69) is 36.8 Å². The molecule has 2 rings (SSSR count). The van der Waals surface area contributed by atoms with Gasteiger partial charge in [0.15, 0.2) is 0 Å². The summed E-state index contributed by atoms with van der Waals surface area (Å²) in [4.78, 5) is 18.9. The number of amides is 1. The summed E-state index contributed by atoms with van der Waals surface area (Å²) in [7, 11) is 0. The van der Waals surface area contributed by atoms with E-state index in [4.69, 9.17) is 0 Å². The number of aryl methyl sites for hydroxylation is 1. The summed E-state index contributed by atoms with van der Waals surface area (Å²) < 4.78 is 1.73. The number of halogens is 2. The van der Waals surface area contributed by atoms with Crippen molar-refractivity contribution in [2.45, 2.75) is 20.4 Å². The number of pyridine rings is 1. The molecule has 0 bridgehead atoms. The number of benzene rings is 1. The van der Waals surface area contributed by atoms with E-state index in [1.165, 1.54) is 0 Å². The fourth-order valence-corrected chi connectivity index (χ4v) is 3.26. The van der Waals surface area contributed by atoms with Gasteiger partial charge in [0.25, 0.3) is 5.91 Å². The van der Waals surface area contributed by atoms with E-state index >= 15 is 0 Å². The maximum Gasteiger partial charge on any atom is 0.255 e. The van der Waals surface area contributed by atoms with E-state index in [1.54, 1.807) is 4.90 Å². The van der Waals surface area contributed by atoms with Crippen LogP contribution >= 0.6 is 31.9 Å². The van der Waals surface area contributed by atoms with Crippen LogP contribution in [-0.2, 0) is 6.54 Å². The van der Waals surface area contributed by atoms with E-state index in [1.807, 2.05) is 50.2 Å². The van der Waals surface area contributed by atoms with E-state index in [0.717, 1.165) is 20.3 Å². The summed E-state index contributed by atoms with van der Waals surface area (Å²) in [6, 6.07) is 11.4. The Morgan fingerprint density at radius 2 is 2.00 bits per heavy atom. The van der Waals surface area contributed by atoms with Crippen molar-refractivity contribution in [3.63, 3.8) is 0 Å². The fourth-order valence-electron chi connectivity index (χ4n) is 2.04. The summed E-state index contributed by atoms with van der Waals surface area (Å²) in [6.45, 7) is 5.07. The Morgan fingerprint density at radius 3 is 2.62 bits per heavy atom. The standard InChI is InChI=1S/C16H16Br2N2O/c1-3-20(10-13-6-4-5-11(2)19-13)16(21)14-8-7-12(17)9-15(14)18/h4-9H,3,10H2,1-2H3. The minimum absolute atomic E-state index is 0.000168. The smallest absolute Gasteiger partial charge is 0.255 e. The normalized spacial score (nSPS) is 10.5. The van der Waals surface area contributed by atoms with Gasteiger partial charge >= 0.3 is 0 Å². The molecule has 1 aromatic heterocycles. The minimum atomic E-state index is 0.000168. The first kappa shape index (κ1) is 16.2. The van der Waals surface area contributed by atoms with Crippen LogP contribution in [0.4, 0.5) is 0 Å². The van der Waals surface area contributed by atoms with Gasteiger partial charge in [0, 0.05) is 21.2 Å². The van der Waals surface area contributed by atoms with Gasteiger partial charge in [-0.3, -0.25) is 9.78 Å². The SMILES string of the molecule is CCN(Cc1cccc(C)n1)C(=O)c1ccc(Br)cc1Br. The molecule has 0 atom stereocenters. The molecule has 3 nitrogen and oxygen atoms in total. The van der Waals surface area contributed by atoms with Gasteiger partial charge in [-0.15, -0.1) is 0 Å². The minimum Gasteiger partial charge on any atom is -0.333 e. The quantitative estimate of drug-likeness (QED) is 0.737. The monoisotopic (exact) mass is 410 g/mol. The average Bonchev–Trinajstić information content (AvgIpc) is 2.44. The molecule has 110 valence electrons. The Kier molecular flexibility index (Phi) is 5.53. The van der Waals surface area contributed by atoms with E-state index in [-0.39, 0.29) is 5.91 Å². The zero-order valence-electron chi connectivity index (χ0n) is 11.9. The van der Waals surface area contributed by atoms with Crippen molar-refractivity contribution >= 4 is 37.8 Å². The largest absolute Gasteiger partial charge is 0.333 e. The molecule has 0 saturated heterocycles. The number of carbonyl (C=O) groups is 1. The summed E-state index contributed by atoms with van der Waals surface area (Å²) in [5.74, 6) is 0.000168. The predicted octanol–water partition coefficient (Wildman–Crippen LogP) is 4.58. The van der Waals surface area contributed by atoms with Crippen LogP contribution in [0.15, 0.2) is 45.3 Å². The predicted molar refractivity (Wildman–Crippen MR) is 91.2 cm³/mol. The maximum absolute atomic E-state index is 12.7. The van der Waals surface area contributed by atoms with E-state index in [0.29, 0.717) is 18.7 Å². The summed E-state index contributed by atoms with van der Waals surface area (Å²) in [5.41, 5.74) is 2.52. The molecule has 1 heterocycles. The van der Waals surface area contributed by atoms with Crippen molar-refractivity contribution in [3.8, 4) is 0 Å². The Labute approximate surface area is 141 Å². The Morgan fingerprint density at radius 1 is 1.24 bits per heavy atom. The lowest BCUT2D eigenvalue weighted by Gasteiger charge is -2.21. The molecule has 21 heavy (non-hydrogen) atoms. The van der Waals surface area contributed by atoms with Crippen molar-refractivity contribution < 1.29 is 4.79 Å². The topological polar surface area (TPSA) is 33.2 Å². The molecule has 0 radical (unpaired) electrons. The first-order chi connectivity index (χ1) is 10.0.